The lowest BCUT2D eigenvalue weighted by molar-refractivity contribution is -0.118. The van der Waals surface area contributed by atoms with E-state index in [0.717, 1.165) is 29.7 Å². The van der Waals surface area contributed by atoms with Gasteiger partial charge in [-0.15, -0.1) is 0 Å². The summed E-state index contributed by atoms with van der Waals surface area (Å²) in [4.78, 5) is 12.6. The van der Waals surface area contributed by atoms with E-state index in [1.54, 1.807) is 0 Å². The first-order valence-electron chi connectivity index (χ1n) is 8.06. The Morgan fingerprint density at radius 1 is 1.13 bits per heavy atom. The van der Waals surface area contributed by atoms with Crippen molar-refractivity contribution in [3.8, 4) is 5.75 Å². The summed E-state index contributed by atoms with van der Waals surface area (Å²) in [6.07, 6.45) is 3.85. The molecule has 1 N–H and O–H groups in total. The standard InChI is InChI=1S/C20H21NO2/c1-2-8-18(15-9-4-3-5-10-15)21-20(22)17-13-16-11-6-7-12-19(16)23-14-17/h3-7,9-13,18H,2,8,14H2,1H3,(H,21,22). The molecule has 2 aromatic carbocycles. The Labute approximate surface area is 137 Å². The van der Waals surface area contributed by atoms with E-state index < -0.39 is 0 Å². The van der Waals surface area contributed by atoms with E-state index in [0.29, 0.717) is 12.2 Å². The molecule has 23 heavy (non-hydrogen) atoms. The van der Waals surface area contributed by atoms with Gasteiger partial charge in [-0.05, 0) is 24.1 Å². The second-order valence-electron chi connectivity index (χ2n) is 5.72. The van der Waals surface area contributed by atoms with Gasteiger partial charge < -0.3 is 10.1 Å². The molecule has 118 valence electrons. The van der Waals surface area contributed by atoms with Crippen LogP contribution in [0.2, 0.25) is 0 Å². The van der Waals surface area contributed by atoms with Gasteiger partial charge in [0.05, 0.1) is 11.6 Å². The molecule has 1 aliphatic rings. The summed E-state index contributed by atoms with van der Waals surface area (Å²) in [5.41, 5.74) is 2.76. The monoisotopic (exact) mass is 307 g/mol. The molecule has 1 amide bonds. The third kappa shape index (κ3) is 3.62. The van der Waals surface area contributed by atoms with Gasteiger partial charge in [-0.3, -0.25) is 4.79 Å². The lowest BCUT2D eigenvalue weighted by Gasteiger charge is -2.22. The third-order valence-electron chi connectivity index (χ3n) is 4.01. The highest BCUT2D eigenvalue weighted by molar-refractivity contribution is 5.99. The average Bonchev–Trinajstić information content (AvgIpc) is 2.61. The minimum absolute atomic E-state index is 0.0340. The normalized spacial score (nSPS) is 14.2. The lowest BCUT2D eigenvalue weighted by Crippen LogP contribution is -2.32. The molecular weight excluding hydrogens is 286 g/mol. The van der Waals surface area contributed by atoms with E-state index in [9.17, 15) is 4.79 Å². The number of carbonyl (C=O) groups is 1. The van der Waals surface area contributed by atoms with Gasteiger partial charge in [0, 0.05) is 5.56 Å². The number of para-hydroxylation sites is 1. The molecule has 3 heteroatoms. The first-order valence-corrected chi connectivity index (χ1v) is 8.06. The zero-order valence-electron chi connectivity index (χ0n) is 13.3. The fraction of sp³-hybridized carbons (Fsp3) is 0.250. The molecule has 1 aliphatic heterocycles. The lowest BCUT2D eigenvalue weighted by atomic mass is 10.0. The number of amides is 1. The predicted molar refractivity (Wildman–Crippen MR) is 92.1 cm³/mol. The molecule has 0 fully saturated rings. The molecule has 1 heterocycles. The highest BCUT2D eigenvalue weighted by Crippen LogP contribution is 2.26. The SMILES string of the molecule is CCCC(NC(=O)C1=Cc2ccccc2OC1)c1ccccc1. The Morgan fingerprint density at radius 3 is 2.65 bits per heavy atom. The molecule has 0 aromatic heterocycles. The van der Waals surface area contributed by atoms with Crippen LogP contribution in [-0.4, -0.2) is 12.5 Å². The molecular formula is C20H21NO2. The van der Waals surface area contributed by atoms with Crippen LogP contribution in [0.15, 0.2) is 60.2 Å². The largest absolute Gasteiger partial charge is 0.488 e. The first-order chi connectivity index (χ1) is 11.3. The molecule has 3 rings (SSSR count). The summed E-state index contributed by atoms with van der Waals surface area (Å²) < 4.78 is 5.68. The van der Waals surface area contributed by atoms with E-state index in [4.69, 9.17) is 4.74 Å². The van der Waals surface area contributed by atoms with Crippen molar-refractivity contribution in [2.75, 3.05) is 6.61 Å². The van der Waals surface area contributed by atoms with Gasteiger partial charge in [-0.25, -0.2) is 0 Å². The molecule has 3 nitrogen and oxygen atoms in total. The Hall–Kier alpha value is -2.55. The Balaban J connectivity index is 1.76. The van der Waals surface area contributed by atoms with Crippen molar-refractivity contribution in [3.63, 3.8) is 0 Å². The van der Waals surface area contributed by atoms with Gasteiger partial charge in [0.1, 0.15) is 12.4 Å². The van der Waals surface area contributed by atoms with Crippen LogP contribution in [0.3, 0.4) is 0 Å². The second-order valence-corrected chi connectivity index (χ2v) is 5.72. The van der Waals surface area contributed by atoms with Gasteiger partial charge in [-0.1, -0.05) is 61.9 Å². The van der Waals surface area contributed by atoms with E-state index in [2.05, 4.69) is 24.4 Å². The van der Waals surface area contributed by atoms with E-state index in [1.165, 1.54) is 0 Å². The number of nitrogens with one attached hydrogen (secondary N) is 1. The first kappa shape index (κ1) is 15.3. The van der Waals surface area contributed by atoms with Crippen molar-refractivity contribution in [2.45, 2.75) is 25.8 Å². The van der Waals surface area contributed by atoms with Crippen LogP contribution < -0.4 is 10.1 Å². The second kappa shape index (κ2) is 7.14. The van der Waals surface area contributed by atoms with Crippen LogP contribution in [0.25, 0.3) is 6.08 Å². The predicted octanol–water partition coefficient (Wildman–Crippen LogP) is 4.12. The maximum atomic E-state index is 12.6. The molecule has 0 spiro atoms. The number of rotatable bonds is 5. The van der Waals surface area contributed by atoms with Crippen LogP contribution in [0.1, 0.15) is 36.9 Å². The Kier molecular flexibility index (Phi) is 4.77. The number of hydrogen-bond acceptors (Lipinski definition) is 2. The highest BCUT2D eigenvalue weighted by Gasteiger charge is 2.20. The number of ether oxygens (including phenoxy) is 1. The van der Waals surface area contributed by atoms with Gasteiger partial charge in [0.15, 0.2) is 0 Å². The van der Waals surface area contributed by atoms with E-state index in [-0.39, 0.29) is 11.9 Å². The number of carbonyl (C=O) groups excluding carboxylic acids is 1. The smallest absolute Gasteiger partial charge is 0.251 e. The van der Waals surface area contributed by atoms with Crippen LogP contribution in [0.5, 0.6) is 5.75 Å². The quantitative estimate of drug-likeness (QED) is 0.902. The maximum Gasteiger partial charge on any atom is 0.251 e. The van der Waals surface area contributed by atoms with Crippen molar-refractivity contribution >= 4 is 12.0 Å². The molecule has 1 unspecified atom stereocenters. The summed E-state index contributed by atoms with van der Waals surface area (Å²) in [6.45, 7) is 2.44. The summed E-state index contributed by atoms with van der Waals surface area (Å²) in [7, 11) is 0. The van der Waals surface area contributed by atoms with Crippen molar-refractivity contribution in [1.82, 2.24) is 5.32 Å². The zero-order chi connectivity index (χ0) is 16.1. The summed E-state index contributed by atoms with van der Waals surface area (Å²) >= 11 is 0. The highest BCUT2D eigenvalue weighted by atomic mass is 16.5. The van der Waals surface area contributed by atoms with Crippen molar-refractivity contribution in [2.24, 2.45) is 0 Å². The molecule has 0 radical (unpaired) electrons. The molecule has 1 atom stereocenters. The average molecular weight is 307 g/mol. The summed E-state index contributed by atoms with van der Waals surface area (Å²) in [6, 6.07) is 17.9. The minimum atomic E-state index is -0.0539. The molecule has 0 saturated carbocycles. The van der Waals surface area contributed by atoms with E-state index >= 15 is 0 Å². The number of hydrogen-bond donors (Lipinski definition) is 1. The fourth-order valence-corrected chi connectivity index (χ4v) is 2.79. The number of benzene rings is 2. The fourth-order valence-electron chi connectivity index (χ4n) is 2.79. The van der Waals surface area contributed by atoms with Crippen LogP contribution in [0.4, 0.5) is 0 Å². The Bertz CT molecular complexity index is 707. The third-order valence-corrected chi connectivity index (χ3v) is 4.01. The zero-order valence-corrected chi connectivity index (χ0v) is 13.3. The molecule has 0 aliphatic carbocycles. The van der Waals surface area contributed by atoms with Gasteiger partial charge in [0.2, 0.25) is 0 Å². The summed E-state index contributed by atoms with van der Waals surface area (Å²) in [5.74, 6) is 0.777. The van der Waals surface area contributed by atoms with Gasteiger partial charge in [0.25, 0.3) is 5.91 Å². The molecule has 2 aromatic rings. The van der Waals surface area contributed by atoms with Crippen LogP contribution in [0, 0.1) is 0 Å². The maximum absolute atomic E-state index is 12.6. The van der Waals surface area contributed by atoms with Crippen molar-refractivity contribution in [1.29, 1.82) is 0 Å². The molecule has 0 bridgehead atoms. The van der Waals surface area contributed by atoms with Crippen LogP contribution >= 0.6 is 0 Å². The minimum Gasteiger partial charge on any atom is -0.488 e. The Morgan fingerprint density at radius 2 is 1.87 bits per heavy atom. The molecule has 0 saturated heterocycles. The van der Waals surface area contributed by atoms with E-state index in [1.807, 2.05) is 48.5 Å². The van der Waals surface area contributed by atoms with Crippen molar-refractivity contribution < 1.29 is 9.53 Å². The van der Waals surface area contributed by atoms with Gasteiger partial charge >= 0.3 is 0 Å². The summed E-state index contributed by atoms with van der Waals surface area (Å²) in [5, 5.41) is 3.15. The number of fused-ring (bicyclic) bond motifs is 1. The van der Waals surface area contributed by atoms with Crippen molar-refractivity contribution in [3.05, 3.63) is 71.3 Å². The topological polar surface area (TPSA) is 38.3 Å². The van der Waals surface area contributed by atoms with Crippen LogP contribution in [-0.2, 0) is 4.79 Å². The van der Waals surface area contributed by atoms with Gasteiger partial charge in [-0.2, -0.15) is 0 Å².